The van der Waals surface area contributed by atoms with E-state index in [2.05, 4.69) is 20.6 Å². The number of hydrogen-bond donors (Lipinski definition) is 4. The number of hydrogen-bond acceptors (Lipinski definition) is 7. The van der Waals surface area contributed by atoms with Gasteiger partial charge in [0.1, 0.15) is 11.9 Å². The summed E-state index contributed by atoms with van der Waals surface area (Å²) >= 11 is 6.29. The monoisotopic (exact) mass is 541 g/mol. The minimum absolute atomic E-state index is 0.0819. The highest BCUT2D eigenvalue weighted by Gasteiger charge is 2.37. The number of fused-ring (bicyclic) bond motifs is 1. The number of aryl methyl sites for hydroxylation is 1. The summed E-state index contributed by atoms with van der Waals surface area (Å²) in [5.74, 6) is -1.41. The number of halogens is 2. The molecule has 2 aromatic carbocycles. The number of rotatable bonds is 9. The summed E-state index contributed by atoms with van der Waals surface area (Å²) in [6, 6.07) is 8.27. The number of amides is 2. The van der Waals surface area contributed by atoms with Crippen LogP contribution in [0.2, 0.25) is 5.02 Å². The van der Waals surface area contributed by atoms with Crippen LogP contribution in [0.3, 0.4) is 0 Å². The molecule has 2 amide bonds. The van der Waals surface area contributed by atoms with Gasteiger partial charge in [-0.3, -0.25) is 9.59 Å². The summed E-state index contributed by atoms with van der Waals surface area (Å²) < 4.78 is 15.2. The number of nitrogens with zero attached hydrogens (tertiary/aromatic N) is 3. The molecular weight excluding hydrogens is 513 g/mol. The maximum atomic E-state index is 15.2. The van der Waals surface area contributed by atoms with Crippen LogP contribution in [0.4, 0.5) is 10.3 Å². The molecule has 4 rings (SSSR count). The predicted molar refractivity (Wildman–Crippen MR) is 141 cm³/mol. The number of aliphatic hydroxyl groups excluding tert-OH is 2. The van der Waals surface area contributed by atoms with Crippen molar-refractivity contribution in [1.82, 2.24) is 20.2 Å². The van der Waals surface area contributed by atoms with E-state index in [1.807, 2.05) is 25.1 Å². The van der Waals surface area contributed by atoms with Gasteiger partial charge in [-0.05, 0) is 38.5 Å². The molecule has 0 fully saturated rings. The van der Waals surface area contributed by atoms with Gasteiger partial charge in [-0.2, -0.15) is 0 Å². The molecule has 1 aliphatic rings. The smallest absolute Gasteiger partial charge is 0.255 e. The highest BCUT2D eigenvalue weighted by atomic mass is 35.5. The van der Waals surface area contributed by atoms with Crippen molar-refractivity contribution in [1.29, 1.82) is 0 Å². The van der Waals surface area contributed by atoms with Crippen molar-refractivity contribution in [3.05, 3.63) is 75.7 Å². The lowest BCUT2D eigenvalue weighted by molar-refractivity contribution is -0.126. The normalized spacial score (nSPS) is 15.1. The largest absolute Gasteiger partial charge is 0.394 e. The van der Waals surface area contributed by atoms with Gasteiger partial charge in [0.25, 0.3) is 5.91 Å². The molecule has 1 aliphatic heterocycles. The van der Waals surface area contributed by atoms with Gasteiger partial charge in [-0.1, -0.05) is 41.4 Å². The molecule has 0 radical (unpaired) electrons. The molecule has 0 bridgehead atoms. The second-order valence-corrected chi connectivity index (χ2v) is 9.78. The molecule has 3 aromatic rings. The van der Waals surface area contributed by atoms with Gasteiger partial charge in [-0.15, -0.1) is 0 Å². The van der Waals surface area contributed by atoms with Crippen LogP contribution in [-0.4, -0.2) is 62.2 Å². The van der Waals surface area contributed by atoms with E-state index in [1.54, 1.807) is 19.9 Å². The first kappa shape index (κ1) is 27.4. The van der Waals surface area contributed by atoms with Gasteiger partial charge in [0, 0.05) is 22.7 Å². The van der Waals surface area contributed by atoms with Crippen LogP contribution in [0.15, 0.2) is 42.6 Å². The molecule has 0 saturated heterocycles. The molecule has 2 heterocycles. The Labute approximate surface area is 224 Å². The van der Waals surface area contributed by atoms with Crippen molar-refractivity contribution >= 4 is 29.4 Å². The average molecular weight is 542 g/mol. The van der Waals surface area contributed by atoms with E-state index < -0.39 is 29.7 Å². The molecular formula is C27H29ClFN5O4. The summed E-state index contributed by atoms with van der Waals surface area (Å²) in [5.41, 5.74) is 2.51. The van der Waals surface area contributed by atoms with Crippen LogP contribution >= 0.6 is 11.6 Å². The van der Waals surface area contributed by atoms with Gasteiger partial charge >= 0.3 is 0 Å². The maximum Gasteiger partial charge on any atom is 0.255 e. The lowest BCUT2D eigenvalue weighted by Crippen LogP contribution is -2.46. The van der Waals surface area contributed by atoms with E-state index in [0.717, 1.165) is 11.1 Å². The third-order valence-electron chi connectivity index (χ3n) is 6.47. The first-order valence-corrected chi connectivity index (χ1v) is 12.5. The Kier molecular flexibility index (Phi) is 8.25. The Balaban J connectivity index is 1.56. The molecule has 0 saturated carbocycles. The topological polar surface area (TPSA) is 128 Å². The predicted octanol–water partition coefficient (Wildman–Crippen LogP) is 3.23. The zero-order chi connectivity index (χ0) is 27.6. The highest BCUT2D eigenvalue weighted by Crippen LogP contribution is 2.34. The summed E-state index contributed by atoms with van der Waals surface area (Å²) in [6.45, 7) is 4.66. The molecule has 200 valence electrons. The number of aliphatic hydroxyl groups is 2. The highest BCUT2D eigenvalue weighted by molar-refractivity contribution is 6.33. The van der Waals surface area contributed by atoms with E-state index in [1.165, 1.54) is 23.2 Å². The van der Waals surface area contributed by atoms with Gasteiger partial charge in [-0.25, -0.2) is 14.4 Å². The summed E-state index contributed by atoms with van der Waals surface area (Å²) in [5, 5.41) is 25.0. The quantitative estimate of drug-likeness (QED) is 0.327. The lowest BCUT2D eigenvalue weighted by Gasteiger charge is -2.26. The molecule has 0 aliphatic carbocycles. The van der Waals surface area contributed by atoms with E-state index in [9.17, 15) is 19.8 Å². The number of benzene rings is 2. The number of anilines is 1. The Bertz CT molecular complexity index is 1370. The van der Waals surface area contributed by atoms with Gasteiger partial charge in [0.2, 0.25) is 11.9 Å². The fourth-order valence-corrected chi connectivity index (χ4v) is 4.49. The standard InChI is InChI=1S/C27H29ClFN5O4/c1-14-5-4-6-17(7-14)23(13-36)32-25(37)16(3)34-11-20-19(26(34)38)8-18(9-22(20)29)24-21(28)10-30-27(33-24)31-15(2)12-35/h4-10,15-16,23,35-36H,11-13H2,1-3H3,(H,32,37)(H,30,31,33)/t15-,16+,23+/m0/s1. The molecule has 1 aromatic heterocycles. The molecule has 11 heteroatoms. The zero-order valence-corrected chi connectivity index (χ0v) is 22.0. The van der Waals surface area contributed by atoms with Crippen molar-refractivity contribution in [3.63, 3.8) is 0 Å². The minimum Gasteiger partial charge on any atom is -0.394 e. The van der Waals surface area contributed by atoms with E-state index in [-0.39, 0.29) is 59.2 Å². The second-order valence-electron chi connectivity index (χ2n) is 9.37. The molecule has 9 nitrogen and oxygen atoms in total. The Morgan fingerprint density at radius 2 is 1.97 bits per heavy atom. The van der Waals surface area contributed by atoms with Crippen LogP contribution in [0.25, 0.3) is 11.3 Å². The Hall–Kier alpha value is -3.60. The lowest BCUT2D eigenvalue weighted by atomic mass is 10.0. The van der Waals surface area contributed by atoms with Crippen LogP contribution in [0, 0.1) is 12.7 Å². The van der Waals surface area contributed by atoms with E-state index >= 15 is 4.39 Å². The molecule has 0 unspecified atom stereocenters. The number of carbonyl (C=O) groups is 2. The van der Waals surface area contributed by atoms with Gasteiger partial charge in [0.05, 0.1) is 42.7 Å². The van der Waals surface area contributed by atoms with Gasteiger partial charge < -0.3 is 25.7 Å². The van der Waals surface area contributed by atoms with Crippen LogP contribution in [0.1, 0.15) is 46.9 Å². The van der Waals surface area contributed by atoms with E-state index in [4.69, 9.17) is 11.6 Å². The van der Waals surface area contributed by atoms with Crippen molar-refractivity contribution in [2.45, 2.75) is 45.4 Å². The third kappa shape index (κ3) is 5.62. The molecule has 38 heavy (non-hydrogen) atoms. The van der Waals surface area contributed by atoms with Crippen LogP contribution in [-0.2, 0) is 11.3 Å². The fourth-order valence-electron chi connectivity index (χ4n) is 4.29. The summed E-state index contributed by atoms with van der Waals surface area (Å²) in [7, 11) is 0. The van der Waals surface area contributed by atoms with Crippen molar-refractivity contribution < 1.29 is 24.2 Å². The van der Waals surface area contributed by atoms with Crippen LogP contribution in [0.5, 0.6) is 0 Å². The molecule has 0 spiro atoms. The summed E-state index contributed by atoms with van der Waals surface area (Å²) in [4.78, 5) is 36.1. The zero-order valence-electron chi connectivity index (χ0n) is 21.2. The number of carbonyl (C=O) groups excluding carboxylic acids is 2. The Morgan fingerprint density at radius 3 is 2.66 bits per heavy atom. The number of nitrogens with one attached hydrogen (secondary N) is 2. The maximum absolute atomic E-state index is 15.2. The van der Waals surface area contributed by atoms with Crippen molar-refractivity contribution in [2.75, 3.05) is 18.5 Å². The SMILES string of the molecule is Cc1cccc([C@@H](CO)NC(=O)[C@@H](C)N2Cc3c(F)cc(-c4nc(N[C@@H](C)CO)ncc4Cl)cc3C2=O)c1. The molecule has 4 N–H and O–H groups in total. The van der Waals surface area contributed by atoms with Gasteiger partial charge in [0.15, 0.2) is 0 Å². The van der Waals surface area contributed by atoms with E-state index in [0.29, 0.717) is 0 Å². The second kappa shape index (κ2) is 11.4. The first-order valence-electron chi connectivity index (χ1n) is 12.1. The first-order chi connectivity index (χ1) is 18.1. The third-order valence-corrected chi connectivity index (χ3v) is 6.75. The van der Waals surface area contributed by atoms with Crippen LogP contribution < -0.4 is 10.6 Å². The summed E-state index contributed by atoms with van der Waals surface area (Å²) in [6.07, 6.45) is 1.35. The Morgan fingerprint density at radius 1 is 1.21 bits per heavy atom. The average Bonchev–Trinajstić information content (AvgIpc) is 3.24. The van der Waals surface area contributed by atoms with Crippen molar-refractivity contribution in [3.8, 4) is 11.3 Å². The molecule has 3 atom stereocenters. The number of aromatic nitrogens is 2. The fraction of sp³-hybridized carbons (Fsp3) is 0.333. The van der Waals surface area contributed by atoms with Crippen molar-refractivity contribution in [2.24, 2.45) is 0 Å². The minimum atomic E-state index is -0.921.